The molecular weight excluding hydrogens is 414 g/mol. The Morgan fingerprint density at radius 1 is 1.12 bits per heavy atom. The highest BCUT2D eigenvalue weighted by Crippen LogP contribution is 2.37. The summed E-state index contributed by atoms with van der Waals surface area (Å²) in [6, 6.07) is 16.5. The maximum Gasteiger partial charge on any atom is 0.247 e. The van der Waals surface area contributed by atoms with Gasteiger partial charge in [0.1, 0.15) is 29.7 Å². The fourth-order valence-electron chi connectivity index (χ4n) is 3.45. The van der Waals surface area contributed by atoms with Crippen molar-refractivity contribution in [2.45, 2.75) is 12.8 Å². The molecule has 6 heteroatoms. The number of nitrogens with two attached hydrogens (primary N) is 1. The van der Waals surface area contributed by atoms with Gasteiger partial charge in [0.15, 0.2) is 0 Å². The highest BCUT2D eigenvalue weighted by Gasteiger charge is 2.13. The molecule has 0 unspecified atom stereocenters. The summed E-state index contributed by atoms with van der Waals surface area (Å²) in [7, 11) is 0. The van der Waals surface area contributed by atoms with Crippen LogP contribution in [0.3, 0.4) is 0 Å². The van der Waals surface area contributed by atoms with E-state index in [0.717, 1.165) is 24.2 Å². The van der Waals surface area contributed by atoms with Crippen molar-refractivity contribution in [1.82, 2.24) is 4.98 Å². The molecular formula is C27H25N3O3. The molecule has 6 nitrogen and oxygen atoms in total. The first kappa shape index (κ1) is 21.9. The Bertz CT molecular complexity index is 1210. The van der Waals surface area contributed by atoms with Crippen LogP contribution in [0.5, 0.6) is 17.2 Å². The lowest BCUT2D eigenvalue weighted by Crippen LogP contribution is -2.07. The molecule has 0 saturated carbocycles. The third kappa shape index (κ3) is 5.68. The number of rotatable bonds is 8. The number of allylic oxidation sites excluding steroid dienone is 2. The average Bonchev–Trinajstić information content (AvgIpc) is 2.84. The van der Waals surface area contributed by atoms with Crippen molar-refractivity contribution < 1.29 is 14.3 Å². The van der Waals surface area contributed by atoms with Crippen LogP contribution >= 0.6 is 0 Å². The van der Waals surface area contributed by atoms with Crippen LogP contribution in [0.1, 0.15) is 12.8 Å². The van der Waals surface area contributed by atoms with Crippen LogP contribution in [0.15, 0.2) is 97.3 Å². The number of nitrogens with zero attached hydrogens (tertiary/aromatic N) is 1. The second-order valence-corrected chi connectivity index (χ2v) is 7.46. The number of amides is 1. The summed E-state index contributed by atoms with van der Waals surface area (Å²) in [4.78, 5) is 15.8. The van der Waals surface area contributed by atoms with E-state index < -0.39 is 0 Å². The summed E-state index contributed by atoms with van der Waals surface area (Å²) in [6.45, 7) is 4.00. The lowest BCUT2D eigenvalue weighted by Gasteiger charge is -2.14. The zero-order chi connectivity index (χ0) is 23.0. The maximum absolute atomic E-state index is 11.6. The lowest BCUT2D eigenvalue weighted by atomic mass is 10.1. The minimum Gasteiger partial charge on any atom is -0.489 e. The molecule has 0 radical (unpaired) electrons. The van der Waals surface area contributed by atoms with E-state index in [0.29, 0.717) is 35.2 Å². The van der Waals surface area contributed by atoms with E-state index in [4.69, 9.17) is 15.2 Å². The first-order chi connectivity index (χ1) is 16.1. The maximum atomic E-state index is 11.6. The van der Waals surface area contributed by atoms with Crippen molar-refractivity contribution in [2.75, 3.05) is 17.7 Å². The number of ether oxygens (including phenoxy) is 2. The number of carbonyl (C=O) groups is 1. The van der Waals surface area contributed by atoms with Gasteiger partial charge in [-0.05, 0) is 60.4 Å². The predicted molar refractivity (Wildman–Crippen MR) is 131 cm³/mol. The minimum absolute atomic E-state index is 0.292. The Morgan fingerprint density at radius 3 is 2.73 bits per heavy atom. The Hall–Kier alpha value is -4.32. The first-order valence-electron chi connectivity index (χ1n) is 10.7. The number of carbonyl (C=O) groups excluding carboxylic acids is 1. The van der Waals surface area contributed by atoms with Crippen molar-refractivity contribution in [2.24, 2.45) is 0 Å². The third-order valence-electron chi connectivity index (χ3n) is 5.08. The Morgan fingerprint density at radius 2 is 1.97 bits per heavy atom. The molecule has 1 heterocycles. The van der Waals surface area contributed by atoms with Gasteiger partial charge in [-0.15, -0.1) is 0 Å². The van der Waals surface area contributed by atoms with Gasteiger partial charge in [-0.1, -0.05) is 43.0 Å². The normalized spacial score (nSPS) is 12.5. The predicted octanol–water partition coefficient (Wildman–Crippen LogP) is 5.90. The number of nitrogens with one attached hydrogen (secondary N) is 1. The monoisotopic (exact) mass is 439 g/mol. The summed E-state index contributed by atoms with van der Waals surface area (Å²) in [5.41, 5.74) is 9.54. The molecule has 0 aliphatic heterocycles. The van der Waals surface area contributed by atoms with Crippen LogP contribution in [-0.2, 0) is 4.79 Å². The fourth-order valence-corrected chi connectivity index (χ4v) is 3.45. The van der Waals surface area contributed by atoms with E-state index in [1.807, 2.05) is 24.3 Å². The third-order valence-corrected chi connectivity index (χ3v) is 5.08. The van der Waals surface area contributed by atoms with E-state index in [-0.39, 0.29) is 5.91 Å². The standard InChI is InChI=1S/C27H25N3O3/c1-2-25(31)30-21-9-6-10-23(17-21)33-24-15-16-29-27(28)26(24)20-11-13-22(14-12-20)32-18-19-7-4-3-5-8-19/h2,4,6-17H,1,3,5,18H2,(H2,28,29)(H,30,31). The molecule has 1 aromatic heterocycles. The topological polar surface area (TPSA) is 86.5 Å². The van der Waals surface area contributed by atoms with E-state index in [2.05, 4.69) is 35.1 Å². The van der Waals surface area contributed by atoms with Gasteiger partial charge < -0.3 is 20.5 Å². The number of nitrogen functional groups attached to an aromatic ring is 1. The molecule has 1 amide bonds. The lowest BCUT2D eigenvalue weighted by molar-refractivity contribution is -0.111. The SMILES string of the molecule is C=CC(=O)Nc1cccc(Oc2ccnc(N)c2-c2ccc(OCC3=CCCC=C3)cc2)c1. The Kier molecular flexibility index (Phi) is 6.85. The van der Waals surface area contributed by atoms with Crippen molar-refractivity contribution in [3.05, 3.63) is 97.3 Å². The molecule has 166 valence electrons. The van der Waals surface area contributed by atoms with Crippen LogP contribution in [-0.4, -0.2) is 17.5 Å². The summed E-state index contributed by atoms with van der Waals surface area (Å²) < 4.78 is 12.0. The molecule has 4 rings (SSSR count). The zero-order valence-corrected chi connectivity index (χ0v) is 18.2. The van der Waals surface area contributed by atoms with Crippen LogP contribution in [0.25, 0.3) is 11.1 Å². The number of benzene rings is 2. The molecule has 2 aromatic carbocycles. The largest absolute Gasteiger partial charge is 0.489 e. The molecule has 0 saturated heterocycles. The summed E-state index contributed by atoms with van der Waals surface area (Å²) in [5.74, 6) is 1.95. The quantitative estimate of drug-likeness (QED) is 0.427. The minimum atomic E-state index is -0.292. The van der Waals surface area contributed by atoms with Crippen molar-refractivity contribution in [3.63, 3.8) is 0 Å². The number of anilines is 2. The van der Waals surface area contributed by atoms with Gasteiger partial charge in [0.05, 0.1) is 5.56 Å². The van der Waals surface area contributed by atoms with Crippen molar-refractivity contribution >= 4 is 17.4 Å². The Balaban J connectivity index is 1.53. The van der Waals surface area contributed by atoms with E-state index in [9.17, 15) is 4.79 Å². The summed E-state index contributed by atoms with van der Waals surface area (Å²) in [6.07, 6.45) is 11.4. The van der Waals surface area contributed by atoms with Crippen LogP contribution in [0.4, 0.5) is 11.5 Å². The van der Waals surface area contributed by atoms with Gasteiger partial charge in [-0.2, -0.15) is 0 Å². The average molecular weight is 440 g/mol. The number of hydrogen-bond donors (Lipinski definition) is 2. The summed E-state index contributed by atoms with van der Waals surface area (Å²) in [5, 5.41) is 2.72. The van der Waals surface area contributed by atoms with Gasteiger partial charge in [0.25, 0.3) is 0 Å². The van der Waals surface area contributed by atoms with Crippen LogP contribution in [0.2, 0.25) is 0 Å². The molecule has 0 bridgehead atoms. The van der Waals surface area contributed by atoms with Crippen molar-refractivity contribution in [3.8, 4) is 28.4 Å². The molecule has 1 aliphatic carbocycles. The first-order valence-corrected chi connectivity index (χ1v) is 10.7. The van der Waals surface area contributed by atoms with Gasteiger partial charge in [-0.25, -0.2) is 4.98 Å². The summed E-state index contributed by atoms with van der Waals surface area (Å²) >= 11 is 0. The molecule has 0 fully saturated rings. The highest BCUT2D eigenvalue weighted by atomic mass is 16.5. The molecule has 33 heavy (non-hydrogen) atoms. The van der Waals surface area contributed by atoms with Gasteiger partial charge in [0.2, 0.25) is 5.91 Å². The highest BCUT2D eigenvalue weighted by molar-refractivity contribution is 5.99. The second kappa shape index (κ2) is 10.3. The van der Waals surface area contributed by atoms with E-state index in [1.165, 1.54) is 11.6 Å². The van der Waals surface area contributed by atoms with E-state index >= 15 is 0 Å². The second-order valence-electron chi connectivity index (χ2n) is 7.46. The fraction of sp³-hybridized carbons (Fsp3) is 0.111. The van der Waals surface area contributed by atoms with Gasteiger partial charge in [0, 0.05) is 18.0 Å². The van der Waals surface area contributed by atoms with Gasteiger partial charge >= 0.3 is 0 Å². The molecule has 3 N–H and O–H groups in total. The van der Waals surface area contributed by atoms with Crippen LogP contribution < -0.4 is 20.5 Å². The van der Waals surface area contributed by atoms with Crippen LogP contribution in [0, 0.1) is 0 Å². The number of hydrogen-bond acceptors (Lipinski definition) is 5. The zero-order valence-electron chi connectivity index (χ0n) is 18.2. The molecule has 0 spiro atoms. The number of pyridine rings is 1. The van der Waals surface area contributed by atoms with Gasteiger partial charge in [-0.3, -0.25) is 4.79 Å². The smallest absolute Gasteiger partial charge is 0.247 e. The molecule has 0 atom stereocenters. The number of aromatic nitrogens is 1. The Labute approximate surface area is 193 Å². The molecule has 1 aliphatic rings. The van der Waals surface area contributed by atoms with Crippen molar-refractivity contribution in [1.29, 1.82) is 0 Å². The molecule has 3 aromatic rings. The van der Waals surface area contributed by atoms with E-state index in [1.54, 1.807) is 36.5 Å².